The van der Waals surface area contributed by atoms with E-state index in [2.05, 4.69) is 4.74 Å². The molecule has 4 atom stereocenters. The van der Waals surface area contributed by atoms with E-state index in [1.165, 1.54) is 0 Å². The molecule has 0 bridgehead atoms. The Morgan fingerprint density at radius 2 is 1.75 bits per heavy atom. The smallest absolute Gasteiger partial charge is 0.337 e. The van der Waals surface area contributed by atoms with E-state index in [-0.39, 0.29) is 0 Å². The van der Waals surface area contributed by atoms with E-state index in [1.54, 1.807) is 0 Å². The molecule has 1 aliphatic rings. The molecule has 0 saturated carbocycles. The van der Waals surface area contributed by atoms with Crippen molar-refractivity contribution in [3.05, 3.63) is 0 Å². The number of ether oxygens (including phenoxy) is 1. The first kappa shape index (κ1) is 9.40. The number of aliphatic hydroxyl groups is 4. The van der Waals surface area contributed by atoms with Crippen LogP contribution in [0.15, 0.2) is 0 Å². The fourth-order valence-electron chi connectivity index (χ4n) is 0.905. The maximum atomic E-state index is 10.7. The second-order valence-electron chi connectivity index (χ2n) is 2.62. The molecule has 4 N–H and O–H groups in total. The molecule has 0 amide bonds. The van der Waals surface area contributed by atoms with Gasteiger partial charge in [0.1, 0.15) is 24.9 Å². The Hall–Kier alpha value is -0.690. The topological polar surface area (TPSA) is 107 Å². The van der Waals surface area contributed by atoms with Crippen LogP contribution in [0.4, 0.5) is 0 Å². The zero-order chi connectivity index (χ0) is 9.30. The van der Waals surface area contributed by atoms with Crippen molar-refractivity contribution < 1.29 is 30.0 Å². The minimum Gasteiger partial charge on any atom is -0.461 e. The van der Waals surface area contributed by atoms with Gasteiger partial charge in [-0.3, -0.25) is 0 Å². The molecule has 1 heterocycles. The summed E-state index contributed by atoms with van der Waals surface area (Å²) in [5, 5.41) is 35.9. The molecule has 0 aromatic heterocycles. The Morgan fingerprint density at radius 1 is 1.17 bits per heavy atom. The van der Waals surface area contributed by atoms with Gasteiger partial charge >= 0.3 is 5.97 Å². The predicted molar refractivity (Wildman–Crippen MR) is 35.0 cm³/mol. The van der Waals surface area contributed by atoms with Gasteiger partial charge in [-0.05, 0) is 0 Å². The quantitative estimate of drug-likeness (QED) is 0.294. The van der Waals surface area contributed by atoms with Crippen LogP contribution in [0.5, 0.6) is 0 Å². The fourth-order valence-corrected chi connectivity index (χ4v) is 0.905. The van der Waals surface area contributed by atoms with E-state index < -0.39 is 37.0 Å². The van der Waals surface area contributed by atoms with Gasteiger partial charge in [0.2, 0.25) is 0 Å². The first-order valence-corrected chi connectivity index (χ1v) is 3.43. The van der Waals surface area contributed by atoms with Crippen LogP contribution >= 0.6 is 0 Å². The average Bonchev–Trinajstić information content (AvgIpc) is 2.14. The number of esters is 1. The molecule has 0 radical (unpaired) electrons. The van der Waals surface area contributed by atoms with E-state index in [4.69, 9.17) is 20.4 Å². The van der Waals surface area contributed by atoms with Crippen molar-refractivity contribution in [2.75, 3.05) is 6.61 Å². The second-order valence-corrected chi connectivity index (χ2v) is 2.62. The summed E-state index contributed by atoms with van der Waals surface area (Å²) < 4.78 is 4.31. The number of hydrogen-bond acceptors (Lipinski definition) is 6. The molecule has 0 aliphatic carbocycles. The number of rotatable bonds is 0. The van der Waals surface area contributed by atoms with Crippen molar-refractivity contribution in [2.24, 2.45) is 0 Å². The Balaban J connectivity index is 2.75. The summed E-state index contributed by atoms with van der Waals surface area (Å²) in [5.74, 6) is -1.04. The SMILES string of the molecule is O=C1OC[C@@H](O)[C@H](O)[C@@H](O)[C@H]1O. The normalized spacial score (nSPS) is 43.5. The molecule has 1 saturated heterocycles. The third-order valence-corrected chi connectivity index (χ3v) is 1.71. The van der Waals surface area contributed by atoms with Crippen LogP contribution < -0.4 is 0 Å². The van der Waals surface area contributed by atoms with Crippen LogP contribution in [-0.2, 0) is 9.53 Å². The third-order valence-electron chi connectivity index (χ3n) is 1.71. The summed E-state index contributed by atoms with van der Waals surface area (Å²) >= 11 is 0. The van der Waals surface area contributed by atoms with Gasteiger partial charge in [-0.1, -0.05) is 0 Å². The highest BCUT2D eigenvalue weighted by Crippen LogP contribution is 2.11. The highest BCUT2D eigenvalue weighted by atomic mass is 16.6. The predicted octanol–water partition coefficient (Wildman–Crippen LogP) is -3.01. The van der Waals surface area contributed by atoms with Crippen molar-refractivity contribution in [1.82, 2.24) is 0 Å². The van der Waals surface area contributed by atoms with Crippen LogP contribution in [-0.4, -0.2) is 57.4 Å². The maximum absolute atomic E-state index is 10.7. The van der Waals surface area contributed by atoms with Gasteiger partial charge in [-0.25, -0.2) is 4.79 Å². The van der Waals surface area contributed by atoms with Crippen molar-refractivity contribution in [3.8, 4) is 0 Å². The van der Waals surface area contributed by atoms with E-state index in [1.807, 2.05) is 0 Å². The van der Waals surface area contributed by atoms with Gasteiger partial charge in [0, 0.05) is 0 Å². The van der Waals surface area contributed by atoms with Gasteiger partial charge in [0.05, 0.1) is 0 Å². The molecule has 6 nitrogen and oxygen atoms in total. The van der Waals surface area contributed by atoms with Crippen LogP contribution in [0, 0.1) is 0 Å². The lowest BCUT2D eigenvalue weighted by atomic mass is 10.1. The van der Waals surface area contributed by atoms with Gasteiger partial charge < -0.3 is 25.2 Å². The number of aliphatic hydroxyl groups excluding tert-OH is 4. The molecule has 0 spiro atoms. The number of carbonyl (C=O) groups is 1. The van der Waals surface area contributed by atoms with E-state index in [9.17, 15) is 4.79 Å². The number of cyclic esters (lactones) is 1. The van der Waals surface area contributed by atoms with Crippen LogP contribution in [0.2, 0.25) is 0 Å². The van der Waals surface area contributed by atoms with Crippen LogP contribution in [0.25, 0.3) is 0 Å². The zero-order valence-electron chi connectivity index (χ0n) is 6.12. The van der Waals surface area contributed by atoms with Crippen molar-refractivity contribution in [3.63, 3.8) is 0 Å². The van der Waals surface area contributed by atoms with Gasteiger partial charge in [-0.15, -0.1) is 0 Å². The number of carbonyl (C=O) groups excluding carboxylic acids is 1. The molecule has 1 aliphatic heterocycles. The molecule has 0 unspecified atom stereocenters. The van der Waals surface area contributed by atoms with Crippen molar-refractivity contribution in [1.29, 1.82) is 0 Å². The lowest BCUT2D eigenvalue weighted by Gasteiger charge is -2.18. The Kier molecular flexibility index (Phi) is 2.63. The summed E-state index contributed by atoms with van der Waals surface area (Å²) in [4.78, 5) is 10.7. The monoisotopic (exact) mass is 178 g/mol. The number of hydrogen-bond donors (Lipinski definition) is 4. The molecular weight excluding hydrogens is 168 g/mol. The molecule has 12 heavy (non-hydrogen) atoms. The van der Waals surface area contributed by atoms with Crippen LogP contribution in [0.1, 0.15) is 0 Å². The summed E-state index contributed by atoms with van der Waals surface area (Å²) in [5.41, 5.74) is 0. The Morgan fingerprint density at radius 3 is 2.33 bits per heavy atom. The summed E-state index contributed by atoms with van der Waals surface area (Å²) in [6, 6.07) is 0. The minimum absolute atomic E-state index is 0.422. The first-order valence-electron chi connectivity index (χ1n) is 3.43. The third kappa shape index (κ3) is 1.56. The largest absolute Gasteiger partial charge is 0.461 e. The summed E-state index contributed by atoms with van der Waals surface area (Å²) in [6.45, 7) is -0.422. The highest BCUT2D eigenvalue weighted by Gasteiger charge is 2.39. The molecule has 1 rings (SSSR count). The van der Waals surface area contributed by atoms with E-state index >= 15 is 0 Å². The van der Waals surface area contributed by atoms with Gasteiger partial charge in [0.25, 0.3) is 0 Å². The van der Waals surface area contributed by atoms with Crippen molar-refractivity contribution in [2.45, 2.75) is 24.4 Å². The molecule has 6 heteroatoms. The Bertz CT molecular complexity index is 181. The lowest BCUT2D eigenvalue weighted by Crippen LogP contribution is -2.44. The zero-order valence-corrected chi connectivity index (χ0v) is 6.12. The van der Waals surface area contributed by atoms with Gasteiger partial charge in [-0.2, -0.15) is 0 Å². The lowest BCUT2D eigenvalue weighted by molar-refractivity contribution is -0.158. The average molecular weight is 178 g/mol. The fraction of sp³-hybridized carbons (Fsp3) is 0.833. The molecular formula is C6H10O6. The second kappa shape index (κ2) is 3.36. The summed E-state index contributed by atoms with van der Waals surface area (Å²) in [7, 11) is 0. The first-order chi connectivity index (χ1) is 5.54. The Labute approximate surface area is 68.0 Å². The minimum atomic E-state index is -1.79. The van der Waals surface area contributed by atoms with E-state index in [0.717, 1.165) is 0 Å². The molecule has 0 aromatic carbocycles. The summed E-state index contributed by atoms with van der Waals surface area (Å²) in [6.07, 6.45) is -6.42. The van der Waals surface area contributed by atoms with Crippen LogP contribution in [0.3, 0.4) is 0 Å². The highest BCUT2D eigenvalue weighted by molar-refractivity contribution is 5.75. The van der Waals surface area contributed by atoms with Gasteiger partial charge in [0.15, 0.2) is 6.10 Å². The molecule has 70 valence electrons. The maximum Gasteiger partial charge on any atom is 0.337 e. The van der Waals surface area contributed by atoms with E-state index in [0.29, 0.717) is 0 Å². The molecule has 0 aromatic rings. The molecule has 1 fully saturated rings. The standard InChI is InChI=1S/C6H10O6/c7-2-1-12-6(11)5(10)4(9)3(2)8/h2-5,7-10H,1H2/t2-,3+,4-,5-/m1/s1. The van der Waals surface area contributed by atoms with Crippen molar-refractivity contribution >= 4 is 5.97 Å².